The van der Waals surface area contributed by atoms with Gasteiger partial charge in [0.25, 0.3) is 0 Å². The van der Waals surface area contributed by atoms with E-state index in [4.69, 9.17) is 5.26 Å². The Morgan fingerprint density at radius 2 is 1.85 bits per heavy atom. The maximum atomic E-state index is 8.87. The molecule has 0 N–H and O–H groups in total. The van der Waals surface area contributed by atoms with Gasteiger partial charge in [-0.3, -0.25) is 0 Å². The summed E-state index contributed by atoms with van der Waals surface area (Å²) < 4.78 is 0.213. The van der Waals surface area contributed by atoms with Crippen molar-refractivity contribution in [1.82, 2.24) is 0 Å². The molecule has 0 heterocycles. The van der Waals surface area contributed by atoms with Crippen LogP contribution in [0.3, 0.4) is 0 Å². The lowest BCUT2D eigenvalue weighted by atomic mass is 9.69. The summed E-state index contributed by atoms with van der Waals surface area (Å²) >= 11 is 1.52. The lowest BCUT2D eigenvalue weighted by molar-refractivity contribution is 0.167. The van der Waals surface area contributed by atoms with E-state index in [-0.39, 0.29) is 4.75 Å². The summed E-state index contributed by atoms with van der Waals surface area (Å²) in [6, 6.07) is 0. The average molecular weight is 195 g/mol. The van der Waals surface area contributed by atoms with E-state index in [1.54, 1.807) is 0 Å². The molecule has 1 nitrogen and oxygen atoms in total. The highest BCUT2D eigenvalue weighted by Gasteiger charge is 2.60. The third kappa shape index (κ3) is 1.00. The van der Waals surface area contributed by atoms with Crippen LogP contribution in [-0.4, -0.2) is 4.75 Å². The third-order valence-corrected chi connectivity index (χ3v) is 6.14. The van der Waals surface area contributed by atoms with Gasteiger partial charge in [-0.25, -0.2) is 0 Å². The van der Waals surface area contributed by atoms with Gasteiger partial charge in [0.05, 0.1) is 0 Å². The zero-order valence-electron chi connectivity index (χ0n) is 8.63. The number of hydrogen-bond acceptors (Lipinski definition) is 2. The molecule has 0 saturated heterocycles. The highest BCUT2D eigenvalue weighted by molar-refractivity contribution is 8.05. The van der Waals surface area contributed by atoms with Gasteiger partial charge >= 0.3 is 0 Å². The second kappa shape index (κ2) is 2.67. The van der Waals surface area contributed by atoms with Crippen molar-refractivity contribution < 1.29 is 0 Å². The Hall–Kier alpha value is -0.160. The van der Waals surface area contributed by atoms with E-state index < -0.39 is 0 Å². The predicted molar refractivity (Wildman–Crippen MR) is 56.2 cm³/mol. The van der Waals surface area contributed by atoms with Crippen LogP contribution < -0.4 is 0 Å². The quantitative estimate of drug-likeness (QED) is 0.599. The van der Waals surface area contributed by atoms with Gasteiger partial charge in [-0.1, -0.05) is 13.8 Å². The van der Waals surface area contributed by atoms with Gasteiger partial charge in [-0.05, 0) is 55.2 Å². The second-order valence-corrected chi connectivity index (χ2v) is 6.46. The van der Waals surface area contributed by atoms with Crippen molar-refractivity contribution in [1.29, 1.82) is 5.26 Å². The maximum absolute atomic E-state index is 8.87. The number of nitriles is 1. The number of rotatable bonds is 1. The zero-order valence-corrected chi connectivity index (χ0v) is 9.45. The number of nitrogens with zero attached hydrogens (tertiary/aromatic N) is 1. The van der Waals surface area contributed by atoms with Crippen molar-refractivity contribution in [3.63, 3.8) is 0 Å². The van der Waals surface area contributed by atoms with Crippen molar-refractivity contribution >= 4 is 11.8 Å². The van der Waals surface area contributed by atoms with Gasteiger partial charge in [0.15, 0.2) is 0 Å². The van der Waals surface area contributed by atoms with Crippen molar-refractivity contribution in [3.8, 4) is 5.40 Å². The molecule has 2 heteroatoms. The van der Waals surface area contributed by atoms with E-state index in [9.17, 15) is 0 Å². The highest BCUT2D eigenvalue weighted by atomic mass is 32.2. The van der Waals surface area contributed by atoms with Crippen LogP contribution in [0.5, 0.6) is 0 Å². The molecule has 0 amide bonds. The van der Waals surface area contributed by atoms with Crippen LogP contribution in [0.2, 0.25) is 0 Å². The first-order valence-corrected chi connectivity index (χ1v) is 5.91. The van der Waals surface area contributed by atoms with Crippen LogP contribution in [0, 0.1) is 27.9 Å². The van der Waals surface area contributed by atoms with Gasteiger partial charge in [-0.15, -0.1) is 0 Å². The summed E-state index contributed by atoms with van der Waals surface area (Å²) in [7, 11) is 0. The van der Waals surface area contributed by atoms with Gasteiger partial charge in [0, 0.05) is 4.75 Å². The molecule has 2 fully saturated rings. The normalized spacial score (nSPS) is 46.3. The molecule has 0 aromatic carbocycles. The van der Waals surface area contributed by atoms with Crippen LogP contribution in [0.4, 0.5) is 0 Å². The largest absolute Gasteiger partial charge is 0.185 e. The average Bonchev–Trinajstić information content (AvgIpc) is 2.56. The van der Waals surface area contributed by atoms with Gasteiger partial charge in [0.2, 0.25) is 0 Å². The summed E-state index contributed by atoms with van der Waals surface area (Å²) in [6.45, 7) is 6.99. The van der Waals surface area contributed by atoms with Gasteiger partial charge in [0.1, 0.15) is 5.40 Å². The Labute approximate surface area is 84.9 Å². The molecule has 0 spiro atoms. The Bertz CT molecular complexity index is 266. The molecule has 13 heavy (non-hydrogen) atoms. The lowest BCUT2D eigenvalue weighted by Gasteiger charge is -2.45. The smallest absolute Gasteiger partial charge is 0.133 e. The summed E-state index contributed by atoms with van der Waals surface area (Å²) in [5.74, 6) is 1.65. The Kier molecular flexibility index (Phi) is 1.93. The summed E-state index contributed by atoms with van der Waals surface area (Å²) in [4.78, 5) is 0. The molecule has 0 aromatic rings. The van der Waals surface area contributed by atoms with E-state index in [1.165, 1.54) is 31.0 Å². The molecule has 3 atom stereocenters. The topological polar surface area (TPSA) is 23.8 Å². The Morgan fingerprint density at radius 3 is 2.31 bits per heavy atom. The molecule has 2 rings (SSSR count). The molecule has 2 bridgehead atoms. The fourth-order valence-corrected chi connectivity index (χ4v) is 4.38. The van der Waals surface area contributed by atoms with Crippen molar-refractivity contribution in [3.05, 3.63) is 0 Å². The van der Waals surface area contributed by atoms with E-state index in [0.717, 1.165) is 11.8 Å². The molecular weight excluding hydrogens is 178 g/mol. The van der Waals surface area contributed by atoms with E-state index >= 15 is 0 Å². The van der Waals surface area contributed by atoms with Crippen LogP contribution in [-0.2, 0) is 0 Å². The van der Waals surface area contributed by atoms with Crippen LogP contribution >= 0.6 is 11.8 Å². The fourth-order valence-electron chi connectivity index (χ4n) is 3.38. The Morgan fingerprint density at radius 1 is 1.23 bits per heavy atom. The van der Waals surface area contributed by atoms with Crippen molar-refractivity contribution in [2.45, 2.75) is 44.8 Å². The predicted octanol–water partition coefficient (Wildman–Crippen LogP) is 3.42. The molecule has 2 aliphatic carbocycles. The SMILES string of the molecule is CC1(C)C2CCC(C2)C1(C)SC#N. The Balaban J connectivity index is 2.33. The fraction of sp³-hybridized carbons (Fsp3) is 0.909. The third-order valence-electron chi connectivity index (χ3n) is 4.77. The van der Waals surface area contributed by atoms with E-state index in [0.29, 0.717) is 5.41 Å². The number of thioether (sulfide) groups is 1. The van der Waals surface area contributed by atoms with Crippen LogP contribution in [0.15, 0.2) is 0 Å². The first kappa shape index (κ1) is 9.40. The molecule has 0 aromatic heterocycles. The molecule has 2 saturated carbocycles. The summed E-state index contributed by atoms with van der Waals surface area (Å²) in [5.41, 5.74) is 0.357. The molecular formula is C11H17NS. The first-order valence-electron chi connectivity index (χ1n) is 5.09. The monoisotopic (exact) mass is 195 g/mol. The lowest BCUT2D eigenvalue weighted by Crippen LogP contribution is -2.43. The minimum Gasteiger partial charge on any atom is -0.185 e. The molecule has 0 aliphatic heterocycles. The van der Waals surface area contributed by atoms with Crippen molar-refractivity contribution in [2.24, 2.45) is 17.3 Å². The van der Waals surface area contributed by atoms with Crippen LogP contribution in [0.1, 0.15) is 40.0 Å². The molecule has 72 valence electrons. The zero-order chi connectivity index (χ0) is 9.69. The van der Waals surface area contributed by atoms with Crippen molar-refractivity contribution in [2.75, 3.05) is 0 Å². The molecule has 0 radical (unpaired) electrons. The number of hydrogen-bond donors (Lipinski definition) is 0. The highest BCUT2D eigenvalue weighted by Crippen LogP contribution is 2.66. The minimum atomic E-state index is 0.213. The summed E-state index contributed by atoms with van der Waals surface area (Å²) in [5, 5.41) is 11.2. The molecule has 2 aliphatic rings. The van der Waals surface area contributed by atoms with Crippen LogP contribution in [0.25, 0.3) is 0 Å². The number of fused-ring (bicyclic) bond motifs is 2. The maximum Gasteiger partial charge on any atom is 0.133 e. The minimum absolute atomic E-state index is 0.213. The standard InChI is InChI=1S/C11H17NS/c1-10(2)8-4-5-9(6-8)11(10,3)13-7-12/h8-9H,4-6H2,1-3H3. The number of thiocyanates is 1. The first-order chi connectivity index (χ1) is 6.02. The van der Waals surface area contributed by atoms with Gasteiger partial charge < -0.3 is 0 Å². The van der Waals surface area contributed by atoms with E-state index in [1.807, 2.05) is 0 Å². The van der Waals surface area contributed by atoms with E-state index in [2.05, 4.69) is 26.2 Å². The summed E-state index contributed by atoms with van der Waals surface area (Å²) in [6.07, 6.45) is 4.09. The second-order valence-electron chi connectivity index (χ2n) is 5.23. The molecule has 3 unspecified atom stereocenters. The van der Waals surface area contributed by atoms with Gasteiger partial charge in [-0.2, -0.15) is 5.26 Å².